The number of hydrogen-bond donors (Lipinski definition) is 2. The molecule has 2 rings (SSSR count). The first-order valence-corrected chi connectivity index (χ1v) is 8.22. The van der Waals surface area contributed by atoms with Crippen molar-refractivity contribution in [2.24, 2.45) is 7.05 Å². The number of nitrogen functional groups attached to an aromatic ring is 1. The van der Waals surface area contributed by atoms with Crippen LogP contribution in [0.4, 0.5) is 5.82 Å². The molecule has 2 heterocycles. The molecule has 0 amide bonds. The molecule has 0 bridgehead atoms. The summed E-state index contributed by atoms with van der Waals surface area (Å²) in [5, 5.41) is 13.8. The van der Waals surface area contributed by atoms with Gasteiger partial charge in [0.25, 0.3) is 0 Å². The predicted molar refractivity (Wildman–Crippen MR) is 79.2 cm³/mol. The van der Waals surface area contributed by atoms with E-state index in [1.165, 1.54) is 8.99 Å². The van der Waals surface area contributed by atoms with Crippen molar-refractivity contribution < 1.29 is 13.5 Å². The molecule has 0 aromatic carbocycles. The Labute approximate surface area is 125 Å². The van der Waals surface area contributed by atoms with E-state index in [9.17, 15) is 13.5 Å². The van der Waals surface area contributed by atoms with Crippen molar-refractivity contribution >= 4 is 15.8 Å². The van der Waals surface area contributed by atoms with E-state index in [1.807, 2.05) is 19.0 Å². The maximum atomic E-state index is 12.9. The molecule has 0 saturated carbocycles. The number of rotatable bonds is 4. The van der Waals surface area contributed by atoms with Crippen molar-refractivity contribution in [1.82, 2.24) is 19.0 Å². The molecule has 1 fully saturated rings. The Morgan fingerprint density at radius 2 is 2.10 bits per heavy atom. The molecule has 9 heteroatoms. The number of nitrogens with zero attached hydrogens (tertiary/aromatic N) is 4. The number of β-amino-alcohol motifs (C(OH)–C–C–N with tert-alkyl or cyclic N) is 1. The van der Waals surface area contributed by atoms with Gasteiger partial charge in [-0.25, -0.2) is 8.42 Å². The van der Waals surface area contributed by atoms with Gasteiger partial charge in [-0.3, -0.25) is 4.68 Å². The number of aliphatic hydroxyl groups excluding tert-OH is 1. The second-order valence-electron chi connectivity index (χ2n) is 5.80. The van der Waals surface area contributed by atoms with Crippen molar-refractivity contribution in [1.29, 1.82) is 0 Å². The van der Waals surface area contributed by atoms with Gasteiger partial charge in [0.15, 0.2) is 5.82 Å². The summed E-state index contributed by atoms with van der Waals surface area (Å²) in [5.74, 6) is -0.00000661. The third-order valence-electron chi connectivity index (χ3n) is 3.79. The standard InChI is InChI=1S/C12H23N5O3S/c1-8-11(12(13)14-16(8)4)21(19,20)17-7-10(18)5-9(17)6-15(2)3/h9-10,18H,5-7H2,1-4H3,(H2,13,14). The summed E-state index contributed by atoms with van der Waals surface area (Å²) >= 11 is 0. The fraction of sp³-hybridized carbons (Fsp3) is 0.750. The first-order valence-electron chi connectivity index (χ1n) is 6.78. The Kier molecular flexibility index (Phi) is 4.29. The van der Waals surface area contributed by atoms with Crippen LogP contribution in [-0.4, -0.2) is 71.8 Å². The number of hydrogen-bond acceptors (Lipinski definition) is 6. The van der Waals surface area contributed by atoms with Crippen LogP contribution in [0.3, 0.4) is 0 Å². The summed E-state index contributed by atoms with van der Waals surface area (Å²) in [4.78, 5) is 1.95. The molecule has 1 aliphatic rings. The highest BCUT2D eigenvalue weighted by Gasteiger charge is 2.42. The van der Waals surface area contributed by atoms with Crippen LogP contribution in [0.5, 0.6) is 0 Å². The molecule has 21 heavy (non-hydrogen) atoms. The van der Waals surface area contributed by atoms with Gasteiger partial charge in [0, 0.05) is 26.2 Å². The van der Waals surface area contributed by atoms with Gasteiger partial charge in [-0.2, -0.15) is 9.40 Å². The van der Waals surface area contributed by atoms with Crippen LogP contribution in [0.25, 0.3) is 0 Å². The van der Waals surface area contributed by atoms with Crippen LogP contribution < -0.4 is 5.73 Å². The second kappa shape index (κ2) is 5.56. The lowest BCUT2D eigenvalue weighted by molar-refractivity contribution is 0.188. The van der Waals surface area contributed by atoms with Gasteiger partial charge in [0.1, 0.15) is 4.90 Å². The van der Waals surface area contributed by atoms with Crippen LogP contribution >= 0.6 is 0 Å². The summed E-state index contributed by atoms with van der Waals surface area (Å²) < 4.78 is 28.6. The van der Waals surface area contributed by atoms with E-state index in [1.54, 1.807) is 14.0 Å². The molecule has 1 aromatic rings. The number of likely N-dealkylation sites (N-methyl/N-ethyl adjacent to an activating group) is 1. The maximum absolute atomic E-state index is 12.9. The largest absolute Gasteiger partial charge is 0.392 e. The van der Waals surface area contributed by atoms with Gasteiger partial charge >= 0.3 is 0 Å². The van der Waals surface area contributed by atoms with E-state index < -0.39 is 16.1 Å². The summed E-state index contributed by atoms with van der Waals surface area (Å²) in [7, 11) is 1.63. The van der Waals surface area contributed by atoms with E-state index in [0.717, 1.165) is 0 Å². The highest BCUT2D eigenvalue weighted by atomic mass is 32.2. The zero-order valence-corrected chi connectivity index (χ0v) is 13.6. The topological polar surface area (TPSA) is 105 Å². The zero-order valence-electron chi connectivity index (χ0n) is 12.8. The highest BCUT2D eigenvalue weighted by molar-refractivity contribution is 7.89. The minimum absolute atomic E-state index is 0.00000661. The van der Waals surface area contributed by atoms with E-state index in [-0.39, 0.29) is 23.3 Å². The average Bonchev–Trinajstić information content (AvgIpc) is 2.80. The van der Waals surface area contributed by atoms with Crippen LogP contribution in [0.2, 0.25) is 0 Å². The molecule has 120 valence electrons. The molecule has 0 radical (unpaired) electrons. The molecule has 3 N–H and O–H groups in total. The third-order valence-corrected chi connectivity index (χ3v) is 5.87. The Morgan fingerprint density at radius 1 is 1.48 bits per heavy atom. The Morgan fingerprint density at radius 3 is 2.57 bits per heavy atom. The minimum atomic E-state index is -3.77. The Balaban J connectivity index is 2.42. The van der Waals surface area contributed by atoms with Crippen LogP contribution in [0, 0.1) is 6.92 Å². The van der Waals surface area contributed by atoms with Crippen molar-refractivity contribution in [2.45, 2.75) is 30.4 Å². The molecule has 8 nitrogen and oxygen atoms in total. The quantitative estimate of drug-likeness (QED) is 0.738. The van der Waals surface area contributed by atoms with Crippen molar-refractivity contribution in [3.05, 3.63) is 5.69 Å². The lowest BCUT2D eigenvalue weighted by Crippen LogP contribution is -2.41. The molecular formula is C12H23N5O3S. The molecule has 1 aliphatic heterocycles. The summed E-state index contributed by atoms with van der Waals surface area (Å²) in [6.07, 6.45) is -0.223. The maximum Gasteiger partial charge on any atom is 0.248 e. The van der Waals surface area contributed by atoms with E-state index in [0.29, 0.717) is 18.7 Å². The number of aryl methyl sites for hydroxylation is 1. The first-order chi connectivity index (χ1) is 9.64. The zero-order chi connectivity index (χ0) is 15.9. The third kappa shape index (κ3) is 2.91. The highest BCUT2D eigenvalue weighted by Crippen LogP contribution is 2.31. The minimum Gasteiger partial charge on any atom is -0.392 e. The van der Waals surface area contributed by atoms with Gasteiger partial charge < -0.3 is 15.7 Å². The first kappa shape index (κ1) is 16.2. The van der Waals surface area contributed by atoms with Crippen LogP contribution in [-0.2, 0) is 17.1 Å². The van der Waals surface area contributed by atoms with Gasteiger partial charge in [0.2, 0.25) is 10.0 Å². The fourth-order valence-electron chi connectivity index (χ4n) is 2.79. The molecule has 0 aliphatic carbocycles. The van der Waals surface area contributed by atoms with E-state index >= 15 is 0 Å². The Bertz CT molecular complexity index is 625. The number of nitrogens with two attached hydrogens (primary N) is 1. The van der Waals surface area contributed by atoms with Crippen molar-refractivity contribution in [2.75, 3.05) is 32.9 Å². The van der Waals surface area contributed by atoms with Crippen molar-refractivity contribution in [3.8, 4) is 0 Å². The van der Waals surface area contributed by atoms with E-state index in [2.05, 4.69) is 5.10 Å². The number of sulfonamides is 1. The lowest BCUT2D eigenvalue weighted by Gasteiger charge is -2.26. The van der Waals surface area contributed by atoms with Crippen LogP contribution in [0.1, 0.15) is 12.1 Å². The Hall–Kier alpha value is -1.16. The molecule has 2 unspecified atom stereocenters. The fourth-order valence-corrected chi connectivity index (χ4v) is 4.75. The molecule has 1 saturated heterocycles. The van der Waals surface area contributed by atoms with Gasteiger partial charge in [-0.05, 0) is 27.4 Å². The van der Waals surface area contributed by atoms with Crippen LogP contribution in [0.15, 0.2) is 4.90 Å². The molecular weight excluding hydrogens is 294 g/mol. The number of anilines is 1. The summed E-state index contributed by atoms with van der Waals surface area (Å²) in [6.45, 7) is 2.31. The number of aromatic nitrogens is 2. The molecule has 0 spiro atoms. The molecule has 1 aromatic heterocycles. The molecule has 2 atom stereocenters. The van der Waals surface area contributed by atoms with Crippen molar-refractivity contribution in [3.63, 3.8) is 0 Å². The summed E-state index contributed by atoms with van der Waals surface area (Å²) in [6, 6.07) is -0.265. The average molecular weight is 317 g/mol. The SMILES string of the molecule is Cc1c(S(=O)(=O)N2CC(O)CC2CN(C)C)c(N)nn1C. The normalized spacial score (nSPS) is 24.1. The number of aliphatic hydroxyl groups is 1. The van der Waals surface area contributed by atoms with E-state index in [4.69, 9.17) is 5.73 Å². The summed E-state index contributed by atoms with van der Waals surface area (Å²) in [5.41, 5.74) is 6.26. The van der Waals surface area contributed by atoms with Gasteiger partial charge in [0.05, 0.1) is 11.8 Å². The van der Waals surface area contributed by atoms with Gasteiger partial charge in [-0.15, -0.1) is 0 Å². The van der Waals surface area contributed by atoms with Gasteiger partial charge in [-0.1, -0.05) is 0 Å². The second-order valence-corrected chi connectivity index (χ2v) is 7.63. The lowest BCUT2D eigenvalue weighted by atomic mass is 10.2. The monoisotopic (exact) mass is 317 g/mol. The smallest absolute Gasteiger partial charge is 0.248 e. The predicted octanol–water partition coefficient (Wildman–Crippen LogP) is -1.00.